The van der Waals surface area contributed by atoms with Gasteiger partial charge in [0.1, 0.15) is 18.0 Å². The van der Waals surface area contributed by atoms with Crippen LogP contribution in [0.1, 0.15) is 30.7 Å². The highest BCUT2D eigenvalue weighted by Crippen LogP contribution is 2.36. The molecule has 2 aromatic rings. The third-order valence-corrected chi connectivity index (χ3v) is 7.80. The summed E-state index contributed by atoms with van der Waals surface area (Å²) in [7, 11) is -0.322. The van der Waals surface area contributed by atoms with Crippen molar-refractivity contribution in [1.29, 1.82) is 0 Å². The molecule has 0 spiro atoms. The summed E-state index contributed by atoms with van der Waals surface area (Å²) >= 11 is 0. The van der Waals surface area contributed by atoms with Crippen LogP contribution in [0.4, 0.5) is 0 Å². The lowest BCUT2D eigenvalue weighted by molar-refractivity contribution is -0.130. The Morgan fingerprint density at radius 3 is 2.65 bits per heavy atom. The zero-order valence-corrected chi connectivity index (χ0v) is 18.7. The fourth-order valence-electron chi connectivity index (χ4n) is 4.28. The van der Waals surface area contributed by atoms with Crippen molar-refractivity contribution in [2.24, 2.45) is 0 Å². The zero-order chi connectivity index (χ0) is 22.0. The van der Waals surface area contributed by atoms with Gasteiger partial charge >= 0.3 is 0 Å². The Kier molecular flexibility index (Phi) is 6.19. The largest absolute Gasteiger partial charge is 0.497 e. The van der Waals surface area contributed by atoms with Crippen LogP contribution in [0.3, 0.4) is 0 Å². The van der Waals surface area contributed by atoms with Crippen LogP contribution in [0.25, 0.3) is 0 Å². The van der Waals surface area contributed by atoms with Crippen LogP contribution in [0, 0.1) is 0 Å². The van der Waals surface area contributed by atoms with Crippen molar-refractivity contribution in [2.75, 3.05) is 40.4 Å². The standard InChI is InChI=1S/C21H28N4O5S/c1-29-17-5-6-19(30-2)18(11-17)16-7-10-24(12-16)21(26)14-23-13-20(22-15-23)31(27,28)25-8-3-4-9-25/h5-6,11,13,15-16H,3-4,7-10,12,14H2,1-2H3/t16-/m0/s1. The van der Waals surface area contributed by atoms with Gasteiger partial charge in [-0.1, -0.05) is 0 Å². The van der Waals surface area contributed by atoms with Gasteiger partial charge in [-0.2, -0.15) is 4.31 Å². The number of carbonyl (C=O) groups is 1. The normalized spacial score (nSPS) is 19.7. The summed E-state index contributed by atoms with van der Waals surface area (Å²) in [6.07, 6.45) is 5.43. The molecular formula is C21H28N4O5S. The van der Waals surface area contributed by atoms with E-state index in [-0.39, 0.29) is 23.4 Å². The van der Waals surface area contributed by atoms with Crippen molar-refractivity contribution in [2.45, 2.75) is 36.8 Å². The second-order valence-electron chi connectivity index (χ2n) is 7.93. The van der Waals surface area contributed by atoms with E-state index >= 15 is 0 Å². The van der Waals surface area contributed by atoms with Gasteiger partial charge in [0.2, 0.25) is 5.91 Å². The minimum absolute atomic E-state index is 0.00242. The number of benzene rings is 1. The molecule has 2 aliphatic rings. The molecule has 0 unspecified atom stereocenters. The summed E-state index contributed by atoms with van der Waals surface area (Å²) in [5.74, 6) is 1.63. The summed E-state index contributed by atoms with van der Waals surface area (Å²) in [5, 5.41) is 0.00242. The van der Waals surface area contributed by atoms with E-state index in [9.17, 15) is 13.2 Å². The summed E-state index contributed by atoms with van der Waals surface area (Å²) in [5.41, 5.74) is 1.03. The molecule has 3 heterocycles. The minimum Gasteiger partial charge on any atom is -0.497 e. The molecule has 0 radical (unpaired) electrons. The molecule has 1 aromatic carbocycles. The van der Waals surface area contributed by atoms with Crippen molar-refractivity contribution < 1.29 is 22.7 Å². The van der Waals surface area contributed by atoms with E-state index in [1.54, 1.807) is 23.7 Å². The van der Waals surface area contributed by atoms with Crippen molar-refractivity contribution >= 4 is 15.9 Å². The molecule has 168 valence electrons. The Morgan fingerprint density at radius 2 is 1.94 bits per heavy atom. The van der Waals surface area contributed by atoms with Gasteiger partial charge in [0, 0.05) is 43.9 Å². The van der Waals surface area contributed by atoms with Crippen molar-refractivity contribution in [3.8, 4) is 11.5 Å². The van der Waals surface area contributed by atoms with Gasteiger partial charge in [-0.15, -0.1) is 0 Å². The lowest BCUT2D eigenvalue weighted by atomic mass is 9.97. The highest BCUT2D eigenvalue weighted by Gasteiger charge is 2.31. The molecule has 9 nitrogen and oxygen atoms in total. The van der Waals surface area contributed by atoms with E-state index in [4.69, 9.17) is 9.47 Å². The number of amides is 1. The first-order valence-electron chi connectivity index (χ1n) is 10.4. The quantitative estimate of drug-likeness (QED) is 0.640. The fourth-order valence-corrected chi connectivity index (χ4v) is 5.73. The molecule has 1 atom stereocenters. The van der Waals surface area contributed by atoms with Crippen LogP contribution in [-0.4, -0.2) is 73.5 Å². The van der Waals surface area contributed by atoms with E-state index in [0.29, 0.717) is 26.2 Å². The molecule has 0 saturated carbocycles. The molecular weight excluding hydrogens is 420 g/mol. The monoisotopic (exact) mass is 448 g/mol. The maximum Gasteiger partial charge on any atom is 0.262 e. The van der Waals surface area contributed by atoms with Crippen LogP contribution in [0.15, 0.2) is 35.7 Å². The summed E-state index contributed by atoms with van der Waals surface area (Å²) in [6.45, 7) is 2.33. The van der Waals surface area contributed by atoms with Crippen LogP contribution in [0.5, 0.6) is 11.5 Å². The number of hydrogen-bond acceptors (Lipinski definition) is 6. The number of hydrogen-bond donors (Lipinski definition) is 0. The molecule has 1 aromatic heterocycles. The Labute approximate surface area is 182 Å². The van der Waals surface area contributed by atoms with Gasteiger partial charge in [-0.05, 0) is 37.5 Å². The van der Waals surface area contributed by atoms with Gasteiger partial charge in [-0.3, -0.25) is 4.79 Å². The lowest BCUT2D eigenvalue weighted by Gasteiger charge is -2.18. The minimum atomic E-state index is -3.58. The van der Waals surface area contributed by atoms with Crippen molar-refractivity contribution in [1.82, 2.24) is 18.8 Å². The van der Waals surface area contributed by atoms with Gasteiger partial charge in [0.05, 0.1) is 20.5 Å². The first kappa shape index (κ1) is 21.6. The molecule has 10 heteroatoms. The lowest BCUT2D eigenvalue weighted by Crippen LogP contribution is -2.31. The highest BCUT2D eigenvalue weighted by atomic mass is 32.2. The second kappa shape index (κ2) is 8.88. The van der Waals surface area contributed by atoms with E-state index in [2.05, 4.69) is 4.98 Å². The topological polar surface area (TPSA) is 94.0 Å². The second-order valence-corrected chi connectivity index (χ2v) is 9.81. The molecule has 1 amide bonds. The van der Waals surface area contributed by atoms with Gasteiger partial charge in [-0.25, -0.2) is 13.4 Å². The predicted octanol–water partition coefficient (Wildman–Crippen LogP) is 1.70. The number of likely N-dealkylation sites (tertiary alicyclic amines) is 1. The number of sulfonamides is 1. The molecule has 0 N–H and O–H groups in total. The third kappa shape index (κ3) is 4.40. The Balaban J connectivity index is 1.41. The van der Waals surface area contributed by atoms with E-state index in [0.717, 1.165) is 36.3 Å². The van der Waals surface area contributed by atoms with E-state index in [1.165, 1.54) is 16.8 Å². The molecule has 2 fully saturated rings. The van der Waals surface area contributed by atoms with Gasteiger partial charge in [0.15, 0.2) is 5.03 Å². The number of methoxy groups -OCH3 is 2. The van der Waals surface area contributed by atoms with Crippen molar-refractivity contribution in [3.63, 3.8) is 0 Å². The maximum absolute atomic E-state index is 12.8. The van der Waals surface area contributed by atoms with Crippen LogP contribution < -0.4 is 9.47 Å². The maximum atomic E-state index is 12.8. The zero-order valence-electron chi connectivity index (χ0n) is 17.9. The molecule has 0 bridgehead atoms. The summed E-state index contributed by atoms with van der Waals surface area (Å²) < 4.78 is 39.1. The Bertz CT molecular complexity index is 1050. The average Bonchev–Trinajstić information content (AvgIpc) is 3.55. The third-order valence-electron chi connectivity index (χ3n) is 6.01. The first-order valence-corrected chi connectivity index (χ1v) is 11.9. The van der Waals surface area contributed by atoms with E-state index in [1.807, 2.05) is 18.2 Å². The smallest absolute Gasteiger partial charge is 0.262 e. The van der Waals surface area contributed by atoms with E-state index < -0.39 is 10.0 Å². The first-order chi connectivity index (χ1) is 14.9. The van der Waals surface area contributed by atoms with Crippen LogP contribution >= 0.6 is 0 Å². The number of imidazole rings is 1. The predicted molar refractivity (Wildman–Crippen MR) is 114 cm³/mol. The number of rotatable bonds is 7. The highest BCUT2D eigenvalue weighted by molar-refractivity contribution is 7.89. The van der Waals surface area contributed by atoms with Gasteiger partial charge < -0.3 is 18.9 Å². The Hall–Kier alpha value is -2.59. The fraction of sp³-hybridized carbons (Fsp3) is 0.524. The number of carbonyl (C=O) groups excluding carboxylic acids is 1. The molecule has 0 aliphatic carbocycles. The van der Waals surface area contributed by atoms with Gasteiger partial charge in [0.25, 0.3) is 10.0 Å². The number of ether oxygens (including phenoxy) is 2. The van der Waals surface area contributed by atoms with Crippen LogP contribution in [-0.2, 0) is 21.4 Å². The SMILES string of the molecule is COc1ccc(OC)c([C@H]2CCN(C(=O)Cn3cnc(S(=O)(=O)N4CCCC4)c3)C2)c1. The number of aromatic nitrogens is 2. The molecule has 2 aliphatic heterocycles. The summed E-state index contributed by atoms with van der Waals surface area (Å²) in [4.78, 5) is 18.7. The van der Waals surface area contributed by atoms with Crippen LogP contribution in [0.2, 0.25) is 0 Å². The average molecular weight is 449 g/mol. The molecule has 2 saturated heterocycles. The molecule has 4 rings (SSSR count). The van der Waals surface area contributed by atoms with Crippen molar-refractivity contribution in [3.05, 3.63) is 36.3 Å². The Morgan fingerprint density at radius 1 is 1.16 bits per heavy atom. The molecule has 31 heavy (non-hydrogen) atoms. The number of nitrogens with zero attached hydrogens (tertiary/aromatic N) is 4. The summed E-state index contributed by atoms with van der Waals surface area (Å²) in [6, 6.07) is 5.70.